The SMILES string of the molecule is Cc1ccc(C)n1-c1sccc1C(=O)N1CCCC(C(N)=O)C1. The van der Waals surface area contributed by atoms with Crippen molar-refractivity contribution in [2.24, 2.45) is 11.7 Å². The summed E-state index contributed by atoms with van der Waals surface area (Å²) < 4.78 is 2.10. The number of rotatable bonds is 3. The quantitative estimate of drug-likeness (QED) is 0.939. The van der Waals surface area contributed by atoms with Gasteiger partial charge in [-0.25, -0.2) is 0 Å². The van der Waals surface area contributed by atoms with Gasteiger partial charge in [0.25, 0.3) is 5.91 Å². The molecule has 23 heavy (non-hydrogen) atoms. The third kappa shape index (κ3) is 2.91. The second-order valence-corrected chi connectivity index (χ2v) is 6.98. The number of carbonyl (C=O) groups excluding carboxylic acids is 2. The van der Waals surface area contributed by atoms with Crippen molar-refractivity contribution in [2.75, 3.05) is 13.1 Å². The first-order valence-electron chi connectivity index (χ1n) is 7.80. The highest BCUT2D eigenvalue weighted by molar-refractivity contribution is 7.13. The molecule has 0 spiro atoms. The molecule has 1 aliphatic heterocycles. The van der Waals surface area contributed by atoms with Crippen molar-refractivity contribution < 1.29 is 9.59 Å². The zero-order valence-corrected chi connectivity index (χ0v) is 14.2. The van der Waals surface area contributed by atoms with E-state index in [1.165, 1.54) is 0 Å². The number of nitrogens with two attached hydrogens (primary N) is 1. The lowest BCUT2D eigenvalue weighted by atomic mass is 9.97. The van der Waals surface area contributed by atoms with Crippen LogP contribution in [0, 0.1) is 19.8 Å². The fourth-order valence-corrected chi connectivity index (χ4v) is 4.20. The van der Waals surface area contributed by atoms with Crippen LogP contribution in [0.4, 0.5) is 0 Å². The number of hydrogen-bond acceptors (Lipinski definition) is 3. The first kappa shape index (κ1) is 15.8. The summed E-state index contributed by atoms with van der Waals surface area (Å²) in [6.07, 6.45) is 1.59. The number of aromatic nitrogens is 1. The molecule has 2 aromatic heterocycles. The monoisotopic (exact) mass is 331 g/mol. The highest BCUT2D eigenvalue weighted by atomic mass is 32.1. The van der Waals surface area contributed by atoms with Gasteiger partial charge in [0, 0.05) is 24.5 Å². The average molecular weight is 331 g/mol. The molecule has 1 atom stereocenters. The van der Waals surface area contributed by atoms with Crippen molar-refractivity contribution in [2.45, 2.75) is 26.7 Å². The van der Waals surface area contributed by atoms with Gasteiger partial charge < -0.3 is 15.2 Å². The van der Waals surface area contributed by atoms with Gasteiger partial charge >= 0.3 is 0 Å². The number of carbonyl (C=O) groups is 2. The smallest absolute Gasteiger partial charge is 0.256 e. The Morgan fingerprint density at radius 2 is 1.91 bits per heavy atom. The highest BCUT2D eigenvalue weighted by Crippen LogP contribution is 2.28. The van der Waals surface area contributed by atoms with E-state index in [2.05, 4.69) is 4.57 Å². The lowest BCUT2D eigenvalue weighted by Crippen LogP contribution is -2.44. The van der Waals surface area contributed by atoms with E-state index in [0.29, 0.717) is 18.7 Å². The second kappa shape index (κ2) is 6.20. The number of aryl methyl sites for hydroxylation is 2. The standard InChI is InChI=1S/C17H21N3O2S/c1-11-5-6-12(2)20(11)17-14(7-9-23-17)16(22)19-8-3-4-13(10-19)15(18)21/h5-7,9,13H,3-4,8,10H2,1-2H3,(H2,18,21). The van der Waals surface area contributed by atoms with E-state index in [9.17, 15) is 9.59 Å². The number of amides is 2. The Kier molecular flexibility index (Phi) is 4.26. The van der Waals surface area contributed by atoms with Gasteiger partial charge in [-0.15, -0.1) is 11.3 Å². The fourth-order valence-electron chi connectivity index (χ4n) is 3.19. The molecular formula is C17H21N3O2S. The Hall–Kier alpha value is -2.08. The zero-order chi connectivity index (χ0) is 16.6. The van der Waals surface area contributed by atoms with Crippen molar-refractivity contribution in [3.05, 3.63) is 40.5 Å². The van der Waals surface area contributed by atoms with Crippen LogP contribution in [0.2, 0.25) is 0 Å². The van der Waals surface area contributed by atoms with Gasteiger partial charge in [-0.05, 0) is 50.3 Å². The third-order valence-corrected chi connectivity index (χ3v) is 5.36. The molecule has 3 heterocycles. The summed E-state index contributed by atoms with van der Waals surface area (Å²) in [6.45, 7) is 5.17. The number of hydrogen-bond donors (Lipinski definition) is 1. The van der Waals surface area contributed by atoms with Gasteiger partial charge in [0.15, 0.2) is 0 Å². The molecule has 1 fully saturated rings. The Morgan fingerprint density at radius 3 is 2.57 bits per heavy atom. The topological polar surface area (TPSA) is 68.3 Å². The van der Waals surface area contributed by atoms with Crippen LogP contribution in [0.5, 0.6) is 0 Å². The molecule has 5 nitrogen and oxygen atoms in total. The summed E-state index contributed by atoms with van der Waals surface area (Å²) in [7, 11) is 0. The minimum atomic E-state index is -0.315. The van der Waals surface area contributed by atoms with Gasteiger partial charge in [0.05, 0.1) is 11.5 Å². The average Bonchev–Trinajstić information content (AvgIpc) is 3.13. The Bertz CT molecular complexity index is 727. The summed E-state index contributed by atoms with van der Waals surface area (Å²) >= 11 is 1.56. The maximum Gasteiger partial charge on any atom is 0.256 e. The second-order valence-electron chi connectivity index (χ2n) is 6.08. The summed E-state index contributed by atoms with van der Waals surface area (Å²) in [4.78, 5) is 26.1. The molecule has 6 heteroatoms. The number of primary amides is 1. The molecule has 0 saturated carbocycles. The van der Waals surface area contributed by atoms with Crippen molar-refractivity contribution >= 4 is 23.2 Å². The van der Waals surface area contributed by atoms with E-state index in [-0.39, 0.29) is 17.7 Å². The number of likely N-dealkylation sites (tertiary alicyclic amines) is 1. The maximum atomic E-state index is 12.9. The van der Waals surface area contributed by atoms with E-state index in [1.54, 1.807) is 16.2 Å². The van der Waals surface area contributed by atoms with Crippen molar-refractivity contribution in [1.82, 2.24) is 9.47 Å². The fraction of sp³-hybridized carbons (Fsp3) is 0.412. The largest absolute Gasteiger partial charge is 0.369 e. The molecule has 0 aromatic carbocycles. The normalized spacial score (nSPS) is 18.2. The van der Waals surface area contributed by atoms with Crippen LogP contribution in [-0.2, 0) is 4.79 Å². The molecule has 0 bridgehead atoms. The van der Waals surface area contributed by atoms with Crippen LogP contribution in [0.25, 0.3) is 5.00 Å². The van der Waals surface area contributed by atoms with Crippen LogP contribution in [0.15, 0.2) is 23.6 Å². The van der Waals surface area contributed by atoms with E-state index in [4.69, 9.17) is 5.73 Å². The first-order valence-corrected chi connectivity index (χ1v) is 8.68. The van der Waals surface area contributed by atoms with Crippen LogP contribution in [0.1, 0.15) is 34.6 Å². The van der Waals surface area contributed by atoms with Gasteiger partial charge in [-0.2, -0.15) is 0 Å². The minimum absolute atomic E-state index is 0.0142. The Balaban J connectivity index is 1.90. The molecule has 3 rings (SSSR count). The predicted octanol–water partition coefficient (Wildman–Crippen LogP) is 2.49. The van der Waals surface area contributed by atoms with E-state index < -0.39 is 0 Å². The lowest BCUT2D eigenvalue weighted by molar-refractivity contribution is -0.123. The van der Waals surface area contributed by atoms with E-state index in [0.717, 1.165) is 29.2 Å². The highest BCUT2D eigenvalue weighted by Gasteiger charge is 2.29. The molecular weight excluding hydrogens is 310 g/mol. The van der Waals surface area contributed by atoms with Crippen LogP contribution >= 0.6 is 11.3 Å². The minimum Gasteiger partial charge on any atom is -0.369 e. The molecule has 2 N–H and O–H groups in total. The molecule has 1 aliphatic rings. The lowest BCUT2D eigenvalue weighted by Gasteiger charge is -2.31. The molecule has 0 aliphatic carbocycles. The predicted molar refractivity (Wildman–Crippen MR) is 90.9 cm³/mol. The van der Waals surface area contributed by atoms with Crippen LogP contribution in [-0.4, -0.2) is 34.4 Å². The molecule has 1 unspecified atom stereocenters. The Morgan fingerprint density at radius 1 is 1.22 bits per heavy atom. The Labute approximate surface area is 139 Å². The van der Waals surface area contributed by atoms with E-state index in [1.807, 2.05) is 37.4 Å². The van der Waals surface area contributed by atoms with Gasteiger partial charge in [-0.1, -0.05) is 0 Å². The summed E-state index contributed by atoms with van der Waals surface area (Å²) in [5.74, 6) is -0.560. The molecule has 122 valence electrons. The summed E-state index contributed by atoms with van der Waals surface area (Å²) in [5.41, 5.74) is 8.32. The van der Waals surface area contributed by atoms with Crippen molar-refractivity contribution in [3.8, 4) is 5.00 Å². The van der Waals surface area contributed by atoms with Crippen molar-refractivity contribution in [1.29, 1.82) is 0 Å². The van der Waals surface area contributed by atoms with E-state index >= 15 is 0 Å². The van der Waals surface area contributed by atoms with Crippen LogP contribution < -0.4 is 5.73 Å². The number of nitrogens with zero attached hydrogens (tertiary/aromatic N) is 2. The van der Waals surface area contributed by atoms with Crippen molar-refractivity contribution in [3.63, 3.8) is 0 Å². The summed E-state index contributed by atoms with van der Waals surface area (Å²) in [6, 6.07) is 5.97. The first-order chi connectivity index (χ1) is 11.0. The molecule has 2 aromatic rings. The third-order valence-electron chi connectivity index (χ3n) is 4.46. The van der Waals surface area contributed by atoms with Crippen LogP contribution in [0.3, 0.4) is 0 Å². The number of piperidine rings is 1. The number of thiophene rings is 1. The maximum absolute atomic E-state index is 12.9. The van der Waals surface area contributed by atoms with Gasteiger partial charge in [-0.3, -0.25) is 9.59 Å². The molecule has 0 radical (unpaired) electrons. The molecule has 1 saturated heterocycles. The van der Waals surface area contributed by atoms with Gasteiger partial charge in [0.1, 0.15) is 5.00 Å². The summed E-state index contributed by atoms with van der Waals surface area (Å²) in [5, 5.41) is 2.88. The zero-order valence-electron chi connectivity index (χ0n) is 13.4. The van der Waals surface area contributed by atoms with Gasteiger partial charge in [0.2, 0.25) is 5.91 Å². The molecule has 2 amide bonds.